The SMILES string of the molecule is CC[C@H]1OC(=O)C(C)C(O)C(C)C(OC2OC(C)CC(N(C)C)C2OC)C(C)(C)CC(C)C(=O)C(C)C(O)C1(C)O. The van der Waals surface area contributed by atoms with E-state index < -0.39 is 77.5 Å². The Kier molecular flexibility index (Phi) is 12.4. The Morgan fingerprint density at radius 3 is 2.12 bits per heavy atom. The van der Waals surface area contributed by atoms with Gasteiger partial charge in [-0.25, -0.2) is 0 Å². The number of hydrogen-bond acceptors (Lipinski definition) is 10. The number of Topliss-reactive ketones (excluding diaryl/α,β-unsaturated/α-hetero) is 1. The minimum Gasteiger partial charge on any atom is -0.459 e. The van der Waals surface area contributed by atoms with Crippen LogP contribution in [0.25, 0.3) is 0 Å². The lowest BCUT2D eigenvalue weighted by molar-refractivity contribution is -0.295. The number of esters is 1. The van der Waals surface area contributed by atoms with Crippen LogP contribution in [0.5, 0.6) is 0 Å². The summed E-state index contributed by atoms with van der Waals surface area (Å²) in [7, 11) is 5.60. The lowest BCUT2D eigenvalue weighted by Gasteiger charge is -2.48. The largest absolute Gasteiger partial charge is 0.459 e. The number of ether oxygens (including phenoxy) is 4. The quantitative estimate of drug-likeness (QED) is 0.412. The van der Waals surface area contributed by atoms with Gasteiger partial charge in [-0.05, 0) is 59.5 Å². The summed E-state index contributed by atoms with van der Waals surface area (Å²) in [6.07, 6.45) is -4.26. The number of cyclic esters (lactones) is 1. The van der Waals surface area contributed by atoms with Crippen molar-refractivity contribution in [2.75, 3.05) is 21.2 Å². The highest BCUT2D eigenvalue weighted by Crippen LogP contribution is 2.42. The second-order valence-corrected chi connectivity index (χ2v) is 13.8. The van der Waals surface area contributed by atoms with Gasteiger partial charge in [0.15, 0.2) is 6.29 Å². The van der Waals surface area contributed by atoms with Gasteiger partial charge in [-0.3, -0.25) is 9.59 Å². The van der Waals surface area contributed by atoms with E-state index in [-0.39, 0.29) is 24.3 Å². The van der Waals surface area contributed by atoms with Crippen LogP contribution in [0.1, 0.15) is 81.6 Å². The minimum absolute atomic E-state index is 0.0334. The summed E-state index contributed by atoms with van der Waals surface area (Å²) in [6.45, 7) is 15.9. The Morgan fingerprint density at radius 2 is 1.61 bits per heavy atom. The first-order chi connectivity index (χ1) is 18.8. The number of ketones is 1. The monoisotopic (exact) mass is 587 g/mol. The highest BCUT2D eigenvalue weighted by Gasteiger charge is 2.50. The average molecular weight is 588 g/mol. The summed E-state index contributed by atoms with van der Waals surface area (Å²) >= 11 is 0. The summed E-state index contributed by atoms with van der Waals surface area (Å²) in [5, 5.41) is 33.9. The molecule has 0 radical (unpaired) electrons. The fourth-order valence-electron chi connectivity index (χ4n) is 7.01. The predicted octanol–water partition coefficient (Wildman–Crippen LogP) is 2.79. The van der Waals surface area contributed by atoms with Crippen LogP contribution in [0.15, 0.2) is 0 Å². The predicted molar refractivity (Wildman–Crippen MR) is 155 cm³/mol. The van der Waals surface area contributed by atoms with E-state index in [1.807, 2.05) is 48.7 Å². The molecule has 240 valence electrons. The molecule has 0 saturated carbocycles. The fraction of sp³-hybridized carbons (Fsp3) is 0.935. The number of methoxy groups -OCH3 is 1. The maximum absolute atomic E-state index is 13.6. The smallest absolute Gasteiger partial charge is 0.311 e. The normalized spacial score (nSPS) is 45.3. The van der Waals surface area contributed by atoms with Gasteiger partial charge in [0, 0.05) is 30.9 Å². The molecule has 10 nitrogen and oxygen atoms in total. The van der Waals surface area contributed by atoms with Gasteiger partial charge < -0.3 is 39.2 Å². The first-order valence-corrected chi connectivity index (χ1v) is 15.1. The van der Waals surface area contributed by atoms with Crippen molar-refractivity contribution in [1.82, 2.24) is 4.90 Å². The Morgan fingerprint density at radius 1 is 1.02 bits per heavy atom. The number of carbonyl (C=O) groups excluding carboxylic acids is 2. The maximum Gasteiger partial charge on any atom is 0.311 e. The molecule has 0 aromatic rings. The van der Waals surface area contributed by atoms with Crippen molar-refractivity contribution >= 4 is 11.8 Å². The number of hydrogen-bond donors (Lipinski definition) is 3. The van der Waals surface area contributed by atoms with E-state index in [1.54, 1.807) is 27.9 Å². The summed E-state index contributed by atoms with van der Waals surface area (Å²) < 4.78 is 24.6. The first-order valence-electron chi connectivity index (χ1n) is 15.1. The molecule has 10 heteroatoms. The Balaban J connectivity index is 2.57. The van der Waals surface area contributed by atoms with Crippen LogP contribution in [-0.2, 0) is 28.5 Å². The van der Waals surface area contributed by atoms with Crippen LogP contribution in [0.3, 0.4) is 0 Å². The highest BCUT2D eigenvalue weighted by atomic mass is 16.7. The van der Waals surface area contributed by atoms with E-state index in [2.05, 4.69) is 4.90 Å². The second kappa shape index (κ2) is 14.1. The van der Waals surface area contributed by atoms with Crippen molar-refractivity contribution in [2.45, 2.75) is 136 Å². The van der Waals surface area contributed by atoms with Crippen molar-refractivity contribution in [3.05, 3.63) is 0 Å². The molecule has 0 bridgehead atoms. The molecule has 0 aromatic heterocycles. The topological polar surface area (TPSA) is 135 Å². The molecule has 12 unspecified atom stereocenters. The van der Waals surface area contributed by atoms with Crippen LogP contribution in [0.4, 0.5) is 0 Å². The second-order valence-electron chi connectivity index (χ2n) is 13.8. The van der Waals surface area contributed by atoms with Gasteiger partial charge in [-0.2, -0.15) is 0 Å². The molecule has 41 heavy (non-hydrogen) atoms. The average Bonchev–Trinajstić information content (AvgIpc) is 2.90. The summed E-state index contributed by atoms with van der Waals surface area (Å²) in [5.74, 6) is -3.84. The molecule has 0 spiro atoms. The number of likely N-dealkylation sites (N-methyl/N-ethyl adjacent to an activating group) is 1. The molecule has 2 aliphatic rings. The van der Waals surface area contributed by atoms with Crippen molar-refractivity contribution in [3.63, 3.8) is 0 Å². The Bertz CT molecular complexity index is 878. The van der Waals surface area contributed by atoms with Crippen LogP contribution in [0, 0.1) is 29.1 Å². The van der Waals surface area contributed by atoms with Gasteiger partial charge in [0.05, 0.1) is 30.3 Å². The number of aliphatic hydroxyl groups excluding tert-OH is 2. The van der Waals surface area contributed by atoms with E-state index in [1.165, 1.54) is 6.92 Å². The lowest BCUT2D eigenvalue weighted by atomic mass is 9.69. The molecule has 0 aromatic carbocycles. The Hall–Kier alpha value is -1.14. The van der Waals surface area contributed by atoms with Crippen molar-refractivity contribution < 1.29 is 43.9 Å². The van der Waals surface area contributed by atoms with E-state index in [4.69, 9.17) is 18.9 Å². The van der Waals surface area contributed by atoms with Crippen molar-refractivity contribution in [2.24, 2.45) is 29.1 Å². The zero-order valence-corrected chi connectivity index (χ0v) is 27.3. The molecule has 0 amide bonds. The van der Waals surface area contributed by atoms with Crippen LogP contribution in [0.2, 0.25) is 0 Å². The molecule has 2 heterocycles. The Labute approximate surface area is 247 Å². The molecule has 2 aliphatic heterocycles. The summed E-state index contributed by atoms with van der Waals surface area (Å²) in [4.78, 5) is 29.0. The number of aliphatic hydroxyl groups is 3. The van der Waals surface area contributed by atoms with Crippen molar-refractivity contribution in [1.29, 1.82) is 0 Å². The first kappa shape index (κ1) is 36.1. The molecule has 2 saturated heterocycles. The zero-order chi connectivity index (χ0) is 31.6. The van der Waals surface area contributed by atoms with Crippen LogP contribution in [-0.4, -0.2) is 108 Å². The van der Waals surface area contributed by atoms with Gasteiger partial charge in [0.1, 0.15) is 23.6 Å². The van der Waals surface area contributed by atoms with E-state index in [0.29, 0.717) is 6.42 Å². The summed E-state index contributed by atoms with van der Waals surface area (Å²) in [6, 6.07) is 0.0334. The third kappa shape index (κ3) is 7.88. The molecule has 3 N–H and O–H groups in total. The number of rotatable bonds is 5. The van der Waals surface area contributed by atoms with E-state index in [9.17, 15) is 24.9 Å². The van der Waals surface area contributed by atoms with Gasteiger partial charge in [-0.15, -0.1) is 0 Å². The molecule has 13 atom stereocenters. The third-order valence-electron chi connectivity index (χ3n) is 9.59. The number of carbonyl (C=O) groups is 2. The van der Waals surface area contributed by atoms with Gasteiger partial charge >= 0.3 is 5.97 Å². The van der Waals surface area contributed by atoms with Crippen molar-refractivity contribution in [3.8, 4) is 0 Å². The van der Waals surface area contributed by atoms with E-state index in [0.717, 1.165) is 6.42 Å². The number of nitrogens with zero attached hydrogens (tertiary/aromatic N) is 1. The van der Waals surface area contributed by atoms with E-state index >= 15 is 0 Å². The molecule has 0 aliphatic carbocycles. The highest BCUT2D eigenvalue weighted by molar-refractivity contribution is 5.83. The fourth-order valence-corrected chi connectivity index (χ4v) is 7.01. The van der Waals surface area contributed by atoms with Gasteiger partial charge in [0.2, 0.25) is 0 Å². The van der Waals surface area contributed by atoms with Gasteiger partial charge in [-0.1, -0.05) is 41.5 Å². The molecular weight excluding hydrogens is 530 g/mol. The maximum atomic E-state index is 13.6. The molecular formula is C31H57NO9. The zero-order valence-electron chi connectivity index (χ0n) is 27.3. The minimum atomic E-state index is -1.87. The summed E-state index contributed by atoms with van der Waals surface area (Å²) in [5.41, 5.74) is -2.55. The standard InChI is InChI=1S/C31H57NO9/c1-13-22-31(9,37)26(35)18(4)23(33)16(2)15-30(7,8)27(19(5)24(34)20(6)28(36)40-22)41-29-25(38-12)21(32(10)11)14-17(3)39-29/h16-22,24-27,29,34-35,37H,13-15H2,1-12H3/t16?,17?,18?,19?,20?,21?,22-,24?,25?,26?,27?,29?,31?/m1/s1. The molecule has 2 fully saturated rings. The lowest BCUT2D eigenvalue weighted by Crippen LogP contribution is -2.58. The molecule has 2 rings (SSSR count). The van der Waals surface area contributed by atoms with Crippen LogP contribution < -0.4 is 0 Å². The third-order valence-corrected chi connectivity index (χ3v) is 9.59. The van der Waals surface area contributed by atoms with Crippen LogP contribution >= 0.6 is 0 Å². The van der Waals surface area contributed by atoms with Gasteiger partial charge in [0.25, 0.3) is 0 Å².